The lowest BCUT2D eigenvalue weighted by Gasteiger charge is -2.41. The van der Waals surface area contributed by atoms with Crippen molar-refractivity contribution in [2.75, 3.05) is 36.1 Å². The summed E-state index contributed by atoms with van der Waals surface area (Å²) in [5, 5.41) is 5.71. The summed E-state index contributed by atoms with van der Waals surface area (Å²) in [6, 6.07) is 2.78. The monoisotopic (exact) mass is 436 g/mol. The maximum absolute atomic E-state index is 12.9. The molecule has 1 aromatic rings. The van der Waals surface area contributed by atoms with E-state index in [9.17, 15) is 26.7 Å². The van der Waals surface area contributed by atoms with Crippen molar-refractivity contribution < 1.29 is 31.5 Å². The topological polar surface area (TPSA) is 79.6 Å². The van der Waals surface area contributed by atoms with Gasteiger partial charge in [0.1, 0.15) is 0 Å². The number of alkyl halides is 5. The number of anilines is 3. The number of nitrogen functional groups attached to an aromatic ring is 1. The van der Waals surface area contributed by atoms with Gasteiger partial charge < -0.3 is 26.0 Å². The Bertz CT molecular complexity index is 760. The highest BCUT2D eigenvalue weighted by atomic mass is 19.4. The van der Waals surface area contributed by atoms with Crippen molar-refractivity contribution in [1.29, 1.82) is 0 Å². The molecule has 1 aliphatic carbocycles. The maximum atomic E-state index is 12.9. The molecule has 168 valence electrons. The SMILES string of the molecule is CNc1cc(N2CC(OC(F)F)C2)c(C(=O)NC2CCC(C(F)(F)F)CC2)cc1N. The molecule has 0 unspecified atom stereocenters. The maximum Gasteiger partial charge on any atom is 0.391 e. The summed E-state index contributed by atoms with van der Waals surface area (Å²) >= 11 is 0. The minimum Gasteiger partial charge on any atom is -0.397 e. The van der Waals surface area contributed by atoms with E-state index in [-0.39, 0.29) is 50.4 Å². The minimum absolute atomic E-state index is 0.0269. The van der Waals surface area contributed by atoms with Gasteiger partial charge in [0.2, 0.25) is 0 Å². The summed E-state index contributed by atoms with van der Waals surface area (Å²) < 4.78 is 67.7. The Hall–Kier alpha value is -2.30. The van der Waals surface area contributed by atoms with Crippen LogP contribution in [0, 0.1) is 5.92 Å². The number of nitrogens with one attached hydrogen (secondary N) is 2. The number of hydrogen-bond acceptors (Lipinski definition) is 5. The second-order valence-electron chi connectivity index (χ2n) is 7.69. The van der Waals surface area contributed by atoms with Gasteiger partial charge in [-0.15, -0.1) is 0 Å². The molecule has 1 amide bonds. The van der Waals surface area contributed by atoms with Crippen LogP contribution in [0.3, 0.4) is 0 Å². The Balaban J connectivity index is 1.70. The Labute approximate surface area is 170 Å². The van der Waals surface area contributed by atoms with Crippen LogP contribution in [0.5, 0.6) is 0 Å². The predicted molar refractivity (Wildman–Crippen MR) is 103 cm³/mol. The summed E-state index contributed by atoms with van der Waals surface area (Å²) in [5.41, 5.74) is 7.64. The van der Waals surface area contributed by atoms with Crippen LogP contribution in [-0.2, 0) is 4.74 Å². The lowest BCUT2D eigenvalue weighted by Crippen LogP contribution is -2.53. The fourth-order valence-corrected chi connectivity index (χ4v) is 3.96. The number of ether oxygens (including phenoxy) is 1. The summed E-state index contributed by atoms with van der Waals surface area (Å²) in [6.45, 7) is -2.49. The first-order valence-electron chi connectivity index (χ1n) is 9.76. The molecule has 1 saturated heterocycles. The molecular formula is C19H25F5N4O2. The summed E-state index contributed by atoms with van der Waals surface area (Å²) in [6.07, 6.45) is -4.43. The van der Waals surface area contributed by atoms with Gasteiger partial charge in [-0.2, -0.15) is 22.0 Å². The largest absolute Gasteiger partial charge is 0.397 e. The fourth-order valence-electron chi connectivity index (χ4n) is 3.96. The highest BCUT2D eigenvalue weighted by Crippen LogP contribution is 2.38. The van der Waals surface area contributed by atoms with Crippen molar-refractivity contribution in [2.45, 2.75) is 50.6 Å². The molecule has 2 aliphatic rings. The summed E-state index contributed by atoms with van der Waals surface area (Å²) in [4.78, 5) is 14.6. The van der Waals surface area contributed by atoms with Gasteiger partial charge in [-0.1, -0.05) is 0 Å². The first-order chi connectivity index (χ1) is 14.1. The number of rotatable bonds is 6. The third kappa shape index (κ3) is 5.05. The van der Waals surface area contributed by atoms with Gasteiger partial charge >= 0.3 is 12.8 Å². The zero-order valence-electron chi connectivity index (χ0n) is 16.4. The molecule has 0 spiro atoms. The summed E-state index contributed by atoms with van der Waals surface area (Å²) in [5.74, 6) is -1.78. The first kappa shape index (κ1) is 22.4. The highest BCUT2D eigenvalue weighted by Gasteiger charge is 2.41. The molecule has 6 nitrogen and oxygen atoms in total. The van der Waals surface area contributed by atoms with Gasteiger partial charge in [-0.25, -0.2) is 0 Å². The van der Waals surface area contributed by atoms with Crippen molar-refractivity contribution in [3.8, 4) is 0 Å². The van der Waals surface area contributed by atoms with E-state index in [1.165, 1.54) is 6.07 Å². The van der Waals surface area contributed by atoms with Crippen LogP contribution in [0.15, 0.2) is 12.1 Å². The van der Waals surface area contributed by atoms with Gasteiger partial charge in [0.15, 0.2) is 0 Å². The van der Waals surface area contributed by atoms with Crippen LogP contribution in [0.2, 0.25) is 0 Å². The van der Waals surface area contributed by atoms with E-state index in [1.54, 1.807) is 18.0 Å². The second-order valence-corrected chi connectivity index (χ2v) is 7.69. The quantitative estimate of drug-likeness (QED) is 0.469. The second kappa shape index (κ2) is 8.83. The van der Waals surface area contributed by atoms with E-state index in [4.69, 9.17) is 5.73 Å². The van der Waals surface area contributed by atoms with E-state index in [2.05, 4.69) is 15.4 Å². The zero-order valence-corrected chi connectivity index (χ0v) is 16.4. The average Bonchev–Trinajstić information content (AvgIpc) is 2.64. The van der Waals surface area contributed by atoms with E-state index in [0.29, 0.717) is 17.1 Å². The molecule has 0 aromatic heterocycles. The van der Waals surface area contributed by atoms with E-state index in [0.717, 1.165) is 0 Å². The Kier molecular flexibility index (Phi) is 6.59. The van der Waals surface area contributed by atoms with Crippen LogP contribution in [0.1, 0.15) is 36.0 Å². The number of carbonyl (C=O) groups excluding carboxylic acids is 1. The third-order valence-electron chi connectivity index (χ3n) is 5.69. The predicted octanol–water partition coefficient (Wildman–Crippen LogP) is 3.59. The number of halogens is 5. The molecule has 0 atom stereocenters. The van der Waals surface area contributed by atoms with Gasteiger partial charge in [0.25, 0.3) is 5.91 Å². The Morgan fingerprint density at radius 2 is 1.83 bits per heavy atom. The number of hydrogen-bond donors (Lipinski definition) is 3. The van der Waals surface area contributed by atoms with Crippen LogP contribution in [-0.4, -0.2) is 51.0 Å². The average molecular weight is 436 g/mol. The lowest BCUT2D eigenvalue weighted by molar-refractivity contribution is -0.182. The van der Waals surface area contributed by atoms with Gasteiger partial charge in [0.05, 0.1) is 34.6 Å². The standard InChI is InChI=1S/C19H25F5N4O2/c1-26-15-7-16(28-8-12(9-28)30-18(20)21)13(6-14(15)25)17(29)27-11-4-2-10(3-5-11)19(22,23)24/h6-7,10-12,18,26H,2-5,8-9,25H2,1H3,(H,27,29). The van der Waals surface area contributed by atoms with Crippen LogP contribution in [0.4, 0.5) is 39.0 Å². The molecule has 1 heterocycles. The number of nitrogens with zero attached hydrogens (tertiary/aromatic N) is 1. The van der Waals surface area contributed by atoms with Gasteiger partial charge in [-0.3, -0.25) is 4.79 Å². The van der Waals surface area contributed by atoms with Gasteiger partial charge in [-0.05, 0) is 37.8 Å². The van der Waals surface area contributed by atoms with Crippen LogP contribution >= 0.6 is 0 Å². The highest BCUT2D eigenvalue weighted by molar-refractivity contribution is 6.02. The molecule has 0 radical (unpaired) electrons. The molecule has 4 N–H and O–H groups in total. The Morgan fingerprint density at radius 3 is 2.37 bits per heavy atom. The van der Waals surface area contributed by atoms with Crippen molar-refractivity contribution in [3.05, 3.63) is 17.7 Å². The van der Waals surface area contributed by atoms with E-state index < -0.39 is 30.7 Å². The van der Waals surface area contributed by atoms with Crippen LogP contribution in [0.25, 0.3) is 0 Å². The van der Waals surface area contributed by atoms with Crippen molar-refractivity contribution >= 4 is 23.0 Å². The molecule has 11 heteroatoms. The number of nitrogens with two attached hydrogens (primary N) is 1. The Morgan fingerprint density at radius 1 is 1.20 bits per heavy atom. The molecule has 3 rings (SSSR count). The number of carbonyl (C=O) groups is 1. The number of benzene rings is 1. The molecule has 0 bridgehead atoms. The van der Waals surface area contributed by atoms with Crippen molar-refractivity contribution in [2.24, 2.45) is 5.92 Å². The van der Waals surface area contributed by atoms with Crippen LogP contribution < -0.4 is 21.3 Å². The van der Waals surface area contributed by atoms with Crippen molar-refractivity contribution in [3.63, 3.8) is 0 Å². The molecule has 1 aromatic carbocycles. The molecule has 30 heavy (non-hydrogen) atoms. The number of amides is 1. The minimum atomic E-state index is -4.21. The first-order valence-corrected chi connectivity index (χ1v) is 9.76. The molecule has 2 fully saturated rings. The molecule has 1 saturated carbocycles. The summed E-state index contributed by atoms with van der Waals surface area (Å²) in [7, 11) is 1.66. The fraction of sp³-hybridized carbons (Fsp3) is 0.632. The zero-order chi connectivity index (χ0) is 22.1. The molecular weight excluding hydrogens is 411 g/mol. The smallest absolute Gasteiger partial charge is 0.391 e. The normalized spacial score (nSPS) is 22.7. The van der Waals surface area contributed by atoms with E-state index in [1.807, 2.05) is 0 Å². The van der Waals surface area contributed by atoms with Crippen molar-refractivity contribution in [1.82, 2.24) is 5.32 Å². The molecule has 1 aliphatic heterocycles. The lowest BCUT2D eigenvalue weighted by atomic mass is 9.85. The van der Waals surface area contributed by atoms with E-state index >= 15 is 0 Å². The van der Waals surface area contributed by atoms with Gasteiger partial charge in [0, 0.05) is 26.2 Å². The third-order valence-corrected chi connectivity index (χ3v) is 5.69.